The van der Waals surface area contributed by atoms with Gasteiger partial charge in [0, 0.05) is 9.93 Å². The summed E-state index contributed by atoms with van der Waals surface area (Å²) in [5, 5.41) is 7.07. The molecule has 1 atom stereocenters. The van der Waals surface area contributed by atoms with Gasteiger partial charge in [-0.1, -0.05) is 28.3 Å². The Kier molecular flexibility index (Phi) is 94.6. The predicted octanol–water partition coefficient (Wildman–Crippen LogP) is 1.82. The largest absolute Gasteiger partial charge is 0.252 e. The van der Waals surface area contributed by atoms with Crippen LogP contribution in [0.25, 0.3) is 0 Å². The summed E-state index contributed by atoms with van der Waals surface area (Å²) in [4.78, 5) is 17.2. The van der Waals surface area contributed by atoms with Crippen LogP contribution in [0.5, 0.6) is 0 Å². The molecule has 0 aliphatic carbocycles. The molecule has 52 valence electrons. The Morgan fingerprint density at radius 1 is 1.62 bits per heavy atom. The van der Waals surface area contributed by atoms with Gasteiger partial charge in [-0.15, -0.1) is 0 Å². The molecule has 1 N–H and O–H groups in total. The highest BCUT2D eigenvalue weighted by Crippen LogP contribution is 2.11. The fraction of sp³-hybridized carbons (Fsp3) is 1.00. The lowest BCUT2D eigenvalue weighted by Crippen LogP contribution is -1.57. The lowest BCUT2D eigenvalue weighted by molar-refractivity contribution is -0.214. The van der Waals surface area contributed by atoms with Gasteiger partial charge in [-0.25, -0.2) is 4.89 Å². The predicted molar refractivity (Wildman–Crippen MR) is 44.6 cm³/mol. The molecule has 6 heteroatoms. The van der Waals surface area contributed by atoms with Gasteiger partial charge in [-0.05, 0) is 6.66 Å². The van der Waals surface area contributed by atoms with Crippen molar-refractivity contribution < 1.29 is 10.1 Å². The Morgan fingerprint density at radius 3 is 1.62 bits per heavy atom. The van der Waals surface area contributed by atoms with E-state index in [0.29, 0.717) is 0 Å². The smallest absolute Gasteiger partial charge is 0.0710 e. The van der Waals surface area contributed by atoms with E-state index in [1.165, 1.54) is 7.11 Å². The second-order valence-corrected chi connectivity index (χ2v) is 3.99. The van der Waals surface area contributed by atoms with E-state index in [1.54, 1.807) is 0 Å². The van der Waals surface area contributed by atoms with Gasteiger partial charge < -0.3 is 0 Å². The van der Waals surface area contributed by atoms with Crippen LogP contribution in [0.1, 0.15) is 0 Å². The van der Waals surface area contributed by atoms with Crippen molar-refractivity contribution in [3.8, 4) is 0 Å². The molecule has 0 aromatic carbocycles. The minimum absolute atomic E-state index is 1.05. The van der Waals surface area contributed by atoms with E-state index < -0.39 is 0 Å². The minimum atomic E-state index is 1.05. The van der Waals surface area contributed by atoms with Crippen LogP contribution in [-0.2, 0) is 4.89 Å². The average molecular weight is 254 g/mol. The lowest BCUT2D eigenvalue weighted by Gasteiger charge is -1.59. The van der Waals surface area contributed by atoms with E-state index >= 15 is 0 Å². The van der Waals surface area contributed by atoms with Gasteiger partial charge in [0.25, 0.3) is 0 Å². The first-order chi connectivity index (χ1) is 3.83. The maximum atomic E-state index is 7.07. The Bertz CT molecular complexity index is 21.5. The van der Waals surface area contributed by atoms with Gasteiger partial charge in [-0.3, -0.25) is 5.26 Å². The van der Waals surface area contributed by atoms with E-state index in [2.05, 4.69) is 33.6 Å². The molecule has 0 rings (SSSR count). The van der Waals surface area contributed by atoms with Crippen molar-refractivity contribution in [2.45, 2.75) is 0 Å². The molecule has 0 bridgehead atoms. The van der Waals surface area contributed by atoms with Gasteiger partial charge in [0.2, 0.25) is 0 Å². The highest BCUT2D eigenvalue weighted by atomic mass is 127. The number of halogens is 1. The summed E-state index contributed by atoms with van der Waals surface area (Å²) in [6.45, 7) is 2.14. The Labute approximate surface area is 62.4 Å². The molecule has 0 heterocycles. The Morgan fingerprint density at radius 2 is 1.62 bits per heavy atom. The second kappa shape index (κ2) is 47.7. The topological polar surface area (TPSA) is 63.6 Å². The molecule has 4 nitrogen and oxygen atoms in total. The molecule has 8 heavy (non-hydrogen) atoms. The third-order valence-electron chi connectivity index (χ3n) is 0. The molecule has 0 aliphatic heterocycles. The fourth-order valence-electron chi connectivity index (χ4n) is 0. The molecular weight excluding hydrogens is 246 g/mol. The first kappa shape index (κ1) is 15.9. The Hall–Kier alpha value is 0.680. The van der Waals surface area contributed by atoms with E-state index in [0.717, 1.165) is 6.22 Å². The lowest BCUT2D eigenvalue weighted by atomic mass is 11.8. The number of rotatable bonds is 0. The van der Waals surface area contributed by atoms with Crippen molar-refractivity contribution in [3.05, 3.63) is 9.93 Å². The van der Waals surface area contributed by atoms with Gasteiger partial charge in [0.15, 0.2) is 0 Å². The van der Waals surface area contributed by atoms with E-state index in [4.69, 9.17) is 15.2 Å². The third-order valence-corrected chi connectivity index (χ3v) is 0. The third kappa shape index (κ3) is 466. The minimum Gasteiger partial charge on any atom is -0.252 e. The van der Waals surface area contributed by atoms with Crippen LogP contribution in [0, 0.1) is 9.93 Å². The second-order valence-electron chi connectivity index (χ2n) is 0.372. The maximum absolute atomic E-state index is 7.07. The van der Waals surface area contributed by atoms with Crippen molar-refractivity contribution in [1.29, 1.82) is 0 Å². The first-order valence-corrected chi connectivity index (χ1v) is 6.06. The molecule has 1 unspecified atom stereocenters. The van der Waals surface area contributed by atoms with Crippen molar-refractivity contribution in [1.82, 2.24) is 0 Å². The molecule has 0 fully saturated rings. The monoisotopic (exact) mass is 254 g/mol. The SMILES string of the molecule is COO.CPI.O=O. The van der Waals surface area contributed by atoms with Crippen LogP contribution in [-0.4, -0.2) is 19.0 Å². The summed E-state index contributed by atoms with van der Waals surface area (Å²) in [7, 11) is 1.18. The summed E-state index contributed by atoms with van der Waals surface area (Å²) in [6, 6.07) is 0. The summed E-state index contributed by atoms with van der Waals surface area (Å²) in [6.07, 6.45) is 1.05. The summed E-state index contributed by atoms with van der Waals surface area (Å²) in [5.74, 6) is 0. The molecular formula is C2H8IO4P. The van der Waals surface area contributed by atoms with Crippen molar-refractivity contribution in [2.75, 3.05) is 13.8 Å². The Balaban J connectivity index is -0.0000000483. The summed E-state index contributed by atoms with van der Waals surface area (Å²) < 4.78 is 0. The van der Waals surface area contributed by atoms with Gasteiger partial charge in [0.1, 0.15) is 0 Å². The molecule has 0 aliphatic rings. The zero-order chi connectivity index (χ0) is 7.41. The molecule has 0 aromatic heterocycles. The average Bonchev–Trinajstić information content (AvgIpc) is 1.75. The zero-order valence-electron chi connectivity index (χ0n) is 4.55. The standard InChI is InChI=1S/CH4IP.CH4O2.O2/c2*1-3-2;1-2/h3H,1H3;2H,1H3;. The van der Waals surface area contributed by atoms with E-state index in [1.807, 2.05) is 0 Å². The zero-order valence-corrected chi connectivity index (χ0v) is 7.71. The fourth-order valence-corrected chi connectivity index (χ4v) is 0. The molecule has 0 saturated carbocycles. The molecule has 0 saturated heterocycles. The van der Waals surface area contributed by atoms with Crippen molar-refractivity contribution in [2.24, 2.45) is 0 Å². The van der Waals surface area contributed by atoms with Gasteiger partial charge in [-0.2, -0.15) is 0 Å². The van der Waals surface area contributed by atoms with Crippen LogP contribution >= 0.6 is 28.3 Å². The van der Waals surface area contributed by atoms with Crippen LogP contribution in [0.2, 0.25) is 0 Å². The van der Waals surface area contributed by atoms with Crippen molar-refractivity contribution in [3.63, 3.8) is 0 Å². The van der Waals surface area contributed by atoms with E-state index in [9.17, 15) is 0 Å². The highest BCUT2D eigenvalue weighted by molar-refractivity contribution is 14.2. The molecule has 0 radical (unpaired) electrons. The van der Waals surface area contributed by atoms with Gasteiger partial charge in [0.05, 0.1) is 7.11 Å². The van der Waals surface area contributed by atoms with Crippen LogP contribution in [0.15, 0.2) is 0 Å². The highest BCUT2D eigenvalue weighted by Gasteiger charge is 1.36. The molecule has 0 aromatic rings. The quantitative estimate of drug-likeness (QED) is 0.310. The van der Waals surface area contributed by atoms with Gasteiger partial charge >= 0.3 is 0 Å². The maximum Gasteiger partial charge on any atom is 0.0710 e. The van der Waals surface area contributed by atoms with Crippen LogP contribution < -0.4 is 0 Å². The van der Waals surface area contributed by atoms with Crippen LogP contribution in [0.4, 0.5) is 0 Å². The number of hydrogen-bond donors (Lipinski definition) is 1. The van der Waals surface area contributed by atoms with E-state index in [-0.39, 0.29) is 0 Å². The van der Waals surface area contributed by atoms with Crippen LogP contribution in [0.3, 0.4) is 0 Å². The first-order valence-electron chi connectivity index (χ1n) is 1.45. The summed E-state index contributed by atoms with van der Waals surface area (Å²) in [5.41, 5.74) is 0. The molecule has 0 amide bonds. The van der Waals surface area contributed by atoms with Crippen molar-refractivity contribution >= 4 is 28.3 Å². The summed E-state index contributed by atoms with van der Waals surface area (Å²) >= 11 is 2.32. The number of hydrogen-bond acceptors (Lipinski definition) is 4. The molecule has 0 spiro atoms. The normalized spacial score (nSPS) is 6.50.